The fourth-order valence-corrected chi connectivity index (χ4v) is 7.64. The fourth-order valence-electron chi connectivity index (χ4n) is 6.80. The number of imidazole rings is 1. The van der Waals surface area contributed by atoms with Crippen LogP contribution in [0.4, 0.5) is 11.5 Å². The molecule has 1 aliphatic rings. The first-order valence-corrected chi connectivity index (χ1v) is 17.8. The Kier molecular flexibility index (Phi) is 7.76. The molecule has 5 nitrogen and oxygen atoms in total. The number of nitrogens with zero attached hydrogens (tertiary/aromatic N) is 4. The van der Waals surface area contributed by atoms with Gasteiger partial charge in [-0.2, -0.15) is 0 Å². The van der Waals surface area contributed by atoms with Crippen molar-refractivity contribution in [1.82, 2.24) is 14.1 Å². The molecule has 49 heavy (non-hydrogen) atoms. The maximum atomic E-state index is 6.80. The number of benzene rings is 5. The second-order valence-electron chi connectivity index (χ2n) is 13.9. The van der Waals surface area contributed by atoms with Crippen molar-refractivity contribution >= 4 is 22.5 Å². The van der Waals surface area contributed by atoms with E-state index in [-0.39, 0.29) is 5.41 Å². The van der Waals surface area contributed by atoms with Crippen LogP contribution >= 0.6 is 0 Å². The average Bonchev–Trinajstić information content (AvgIpc) is 3.36. The van der Waals surface area contributed by atoms with Crippen molar-refractivity contribution in [2.45, 2.75) is 39.7 Å². The third-order valence-corrected chi connectivity index (χ3v) is 10.7. The number of ether oxygens (including phenoxy) is 1. The average molecular weight is 822 g/mol. The minimum atomic E-state index is -0.0727. The molecule has 1 aliphatic heterocycles. The van der Waals surface area contributed by atoms with E-state index in [0.717, 1.165) is 38.0 Å². The second kappa shape index (κ2) is 12.2. The van der Waals surface area contributed by atoms with Crippen LogP contribution in [0.1, 0.15) is 37.5 Å². The summed E-state index contributed by atoms with van der Waals surface area (Å²) in [6.07, 6.45) is 1.90. The zero-order valence-electron chi connectivity index (χ0n) is 28.3. The van der Waals surface area contributed by atoms with Gasteiger partial charge >= 0.3 is 221 Å². The Morgan fingerprint density at radius 3 is 2.24 bits per heavy atom. The number of fused-ring (bicyclic) bond motifs is 4. The molecule has 7 aromatic rings. The molecule has 0 radical (unpaired) electrons. The van der Waals surface area contributed by atoms with Crippen molar-refractivity contribution in [3.63, 3.8) is 0 Å². The number of pyridine rings is 1. The van der Waals surface area contributed by atoms with Gasteiger partial charge in [-0.15, -0.1) is 0 Å². The SMILES string of the molecule is Cc1ccnc(N2Cc3cc(-c4ccccc4)ccc3-c3ccc(Oc4cc(-n5[c](=[Pt])n(C)c6ccccc65)cc(C(C)(C)C)c4)cc32)c1. The molecule has 0 unspecified atom stereocenters. The number of hydrogen-bond acceptors (Lipinski definition) is 3. The van der Waals surface area contributed by atoms with E-state index in [9.17, 15) is 0 Å². The number of aromatic nitrogens is 3. The van der Waals surface area contributed by atoms with E-state index in [1.807, 2.05) is 12.3 Å². The summed E-state index contributed by atoms with van der Waals surface area (Å²) < 4.78 is 12.5. The predicted octanol–water partition coefficient (Wildman–Crippen LogP) is 10.8. The van der Waals surface area contributed by atoms with Gasteiger partial charge in [0.2, 0.25) is 0 Å². The standard InChI is InChI=1S/C43H38N4O.Pt/c1-29-19-20-44-42(21-29)46-27-32-22-31(30-11-7-6-8-12-30)15-17-37(32)38-18-16-35(26-41(38)46)48-36-24-33(43(2,3)4)23-34(25-36)47-28-45(5)39-13-9-10-14-40(39)47;/h6-26H,27H2,1-5H3;. The first-order chi connectivity index (χ1) is 23.6. The Balaban J connectivity index is 1.24. The Bertz CT molecular complexity index is 2430. The molecule has 8 rings (SSSR count). The summed E-state index contributed by atoms with van der Waals surface area (Å²) in [6, 6.07) is 43.3. The van der Waals surface area contributed by atoms with Crippen molar-refractivity contribution in [2.75, 3.05) is 4.90 Å². The van der Waals surface area contributed by atoms with Gasteiger partial charge < -0.3 is 0 Å². The van der Waals surface area contributed by atoms with Crippen molar-refractivity contribution in [3.8, 4) is 39.4 Å². The predicted molar refractivity (Wildman–Crippen MR) is 196 cm³/mol. The van der Waals surface area contributed by atoms with Gasteiger partial charge in [-0.3, -0.25) is 0 Å². The van der Waals surface area contributed by atoms with Gasteiger partial charge in [0.1, 0.15) is 0 Å². The van der Waals surface area contributed by atoms with Crippen LogP contribution in [0.2, 0.25) is 0 Å². The van der Waals surface area contributed by atoms with Crippen LogP contribution in [-0.2, 0) is 38.4 Å². The van der Waals surface area contributed by atoms with Crippen molar-refractivity contribution in [2.24, 2.45) is 7.05 Å². The van der Waals surface area contributed by atoms with E-state index in [1.165, 1.54) is 44.5 Å². The molecule has 6 heteroatoms. The Morgan fingerprint density at radius 1 is 0.714 bits per heavy atom. The topological polar surface area (TPSA) is 35.2 Å². The van der Waals surface area contributed by atoms with Gasteiger partial charge in [-0.25, -0.2) is 0 Å². The Hall–Kier alpha value is -4.99. The van der Waals surface area contributed by atoms with Gasteiger partial charge in [0.05, 0.1) is 0 Å². The maximum absolute atomic E-state index is 6.80. The number of hydrogen-bond donors (Lipinski definition) is 0. The molecule has 0 atom stereocenters. The molecule has 3 heterocycles. The Morgan fingerprint density at radius 2 is 1.47 bits per heavy atom. The van der Waals surface area contributed by atoms with Crippen molar-refractivity contribution < 1.29 is 24.1 Å². The molecule has 0 saturated heterocycles. The first kappa shape index (κ1) is 31.3. The molecule has 0 bridgehead atoms. The Labute approximate surface area is 298 Å². The third-order valence-electron chi connectivity index (χ3n) is 9.43. The van der Waals surface area contributed by atoms with Crippen molar-refractivity contribution in [3.05, 3.63) is 148 Å². The third kappa shape index (κ3) is 5.76. The molecule has 0 N–H and O–H groups in total. The summed E-state index contributed by atoms with van der Waals surface area (Å²) >= 11 is 2.42. The van der Waals surface area contributed by atoms with Crippen LogP contribution in [-0.4, -0.2) is 14.1 Å². The van der Waals surface area contributed by atoms with E-state index < -0.39 is 0 Å². The van der Waals surface area contributed by atoms with Gasteiger partial charge in [-0.1, -0.05) is 36.4 Å². The molecule has 0 aliphatic carbocycles. The monoisotopic (exact) mass is 821 g/mol. The van der Waals surface area contributed by atoms with Crippen LogP contribution in [0.15, 0.2) is 128 Å². The molecule has 5 aromatic carbocycles. The van der Waals surface area contributed by atoms with E-state index in [4.69, 9.17) is 9.72 Å². The van der Waals surface area contributed by atoms with E-state index in [2.05, 4.69) is 183 Å². The summed E-state index contributed by atoms with van der Waals surface area (Å²) in [4.78, 5) is 7.15. The number of rotatable bonds is 5. The van der Waals surface area contributed by atoms with E-state index in [0.29, 0.717) is 6.54 Å². The van der Waals surface area contributed by atoms with Crippen LogP contribution in [0, 0.1) is 10.7 Å². The fraction of sp³-hybridized carbons (Fsp3) is 0.163. The molecule has 2 aromatic heterocycles. The number of anilines is 2. The normalized spacial score (nSPS) is 12.6. The molecule has 246 valence electrons. The second-order valence-corrected chi connectivity index (χ2v) is 14.9. The summed E-state index contributed by atoms with van der Waals surface area (Å²) in [6.45, 7) is 9.58. The van der Waals surface area contributed by atoms with Gasteiger partial charge in [0.15, 0.2) is 0 Å². The van der Waals surface area contributed by atoms with Gasteiger partial charge in [0, 0.05) is 6.20 Å². The summed E-state index contributed by atoms with van der Waals surface area (Å²) in [7, 11) is 2.12. The quantitative estimate of drug-likeness (QED) is 0.174. The summed E-state index contributed by atoms with van der Waals surface area (Å²) in [5.41, 5.74) is 12.9. The molecule has 0 saturated carbocycles. The van der Waals surface area contributed by atoms with Crippen LogP contribution in [0.25, 0.3) is 39.0 Å². The zero-order chi connectivity index (χ0) is 33.9. The van der Waals surface area contributed by atoms with Gasteiger partial charge in [-0.05, 0) is 35.7 Å². The minimum absolute atomic E-state index is 0.0727. The first-order valence-electron chi connectivity index (χ1n) is 16.6. The summed E-state index contributed by atoms with van der Waals surface area (Å²) in [5, 5.41) is 0. The molecular weight excluding hydrogens is 784 g/mol. The van der Waals surface area contributed by atoms with Crippen LogP contribution in [0.3, 0.4) is 0 Å². The van der Waals surface area contributed by atoms with Crippen LogP contribution < -0.4 is 9.64 Å². The molecular formula is C43H38N4OPt. The molecule has 0 amide bonds. The molecule has 0 fully saturated rings. The number of para-hydroxylation sites is 2. The van der Waals surface area contributed by atoms with E-state index >= 15 is 0 Å². The van der Waals surface area contributed by atoms with Crippen molar-refractivity contribution in [1.29, 1.82) is 0 Å². The molecule has 0 spiro atoms. The van der Waals surface area contributed by atoms with E-state index in [1.54, 1.807) is 0 Å². The number of aryl methyl sites for hydroxylation is 2. The summed E-state index contributed by atoms with van der Waals surface area (Å²) in [5.74, 6) is 2.52. The van der Waals surface area contributed by atoms with Crippen LogP contribution in [0.5, 0.6) is 11.5 Å². The zero-order valence-corrected chi connectivity index (χ0v) is 30.6. The van der Waals surface area contributed by atoms with Gasteiger partial charge in [0.25, 0.3) is 0 Å².